The minimum Gasteiger partial charge on any atom is -0.508 e. The summed E-state index contributed by atoms with van der Waals surface area (Å²) in [7, 11) is 0. The molecule has 0 saturated heterocycles. The quantitative estimate of drug-likeness (QED) is 0.862. The van der Waals surface area contributed by atoms with Gasteiger partial charge in [0.1, 0.15) is 5.75 Å². The van der Waals surface area contributed by atoms with Gasteiger partial charge >= 0.3 is 0 Å². The molecule has 0 unspecified atom stereocenters. The van der Waals surface area contributed by atoms with E-state index in [2.05, 4.69) is 5.32 Å². The summed E-state index contributed by atoms with van der Waals surface area (Å²) in [6.07, 6.45) is 1.34. The van der Waals surface area contributed by atoms with E-state index in [0.29, 0.717) is 11.3 Å². The third-order valence-electron chi connectivity index (χ3n) is 2.42. The third-order valence-corrected chi connectivity index (χ3v) is 2.71. The second-order valence-corrected chi connectivity index (χ2v) is 3.86. The molecule has 0 aliphatic heterocycles. The maximum absolute atomic E-state index is 11.8. The van der Waals surface area contributed by atoms with E-state index >= 15 is 0 Å². The molecular weight excluding hydrogens is 242 g/mol. The van der Waals surface area contributed by atoms with Crippen LogP contribution < -0.4 is 5.32 Å². The van der Waals surface area contributed by atoms with Gasteiger partial charge in [-0.2, -0.15) is 0 Å². The smallest absolute Gasteiger partial charge is 0.260 e. The average molecular weight is 252 g/mol. The zero-order chi connectivity index (χ0) is 12.4. The normalized spacial score (nSPS) is 10.2. The molecule has 0 spiro atoms. The first-order valence-corrected chi connectivity index (χ1v) is 5.30. The van der Waals surface area contributed by atoms with Crippen LogP contribution >= 0.6 is 11.6 Å². The van der Waals surface area contributed by atoms with E-state index in [1.54, 1.807) is 25.1 Å². The minimum atomic E-state index is -0.377. The van der Waals surface area contributed by atoms with Crippen LogP contribution in [0.1, 0.15) is 15.9 Å². The van der Waals surface area contributed by atoms with E-state index in [0.717, 1.165) is 0 Å². The van der Waals surface area contributed by atoms with Gasteiger partial charge in [0.05, 0.1) is 11.8 Å². The number of phenols is 1. The number of benzene rings is 1. The Morgan fingerprint density at radius 1 is 1.41 bits per heavy atom. The predicted octanol–water partition coefficient (Wildman–Crippen LogP) is 3.20. The second-order valence-electron chi connectivity index (χ2n) is 3.51. The highest BCUT2D eigenvalue weighted by Gasteiger charge is 2.14. The number of amides is 1. The summed E-state index contributed by atoms with van der Waals surface area (Å²) in [6.45, 7) is 1.71. The molecule has 2 rings (SSSR count). The molecule has 2 N–H and O–H groups in total. The molecule has 1 aromatic heterocycles. The molecule has 17 heavy (non-hydrogen) atoms. The predicted molar refractivity (Wildman–Crippen MR) is 64.5 cm³/mol. The summed E-state index contributed by atoms with van der Waals surface area (Å²) in [5, 5.41) is 12.2. The van der Waals surface area contributed by atoms with Crippen molar-refractivity contribution in [1.82, 2.24) is 0 Å². The van der Waals surface area contributed by atoms with Crippen LogP contribution in [0.25, 0.3) is 0 Å². The van der Waals surface area contributed by atoms with Gasteiger partial charge in [-0.15, -0.1) is 0 Å². The number of hydrogen-bond donors (Lipinski definition) is 2. The molecule has 1 amide bonds. The summed E-state index contributed by atoms with van der Waals surface area (Å²) in [4.78, 5) is 11.8. The standard InChI is InChI=1S/C12H10ClNO3/c1-7-9(3-2-4-10(7)15)14-12(16)8-5-6-17-11(8)13/h2-6,15H,1H3,(H,14,16). The van der Waals surface area contributed by atoms with Crippen LogP contribution in [0.4, 0.5) is 5.69 Å². The van der Waals surface area contributed by atoms with Gasteiger partial charge in [-0.25, -0.2) is 0 Å². The van der Waals surface area contributed by atoms with Gasteiger partial charge < -0.3 is 14.8 Å². The molecule has 0 bridgehead atoms. The molecule has 1 heterocycles. The van der Waals surface area contributed by atoms with Crippen LogP contribution in [-0.4, -0.2) is 11.0 Å². The fraction of sp³-hybridized carbons (Fsp3) is 0.0833. The minimum absolute atomic E-state index is 0.0420. The number of hydrogen-bond acceptors (Lipinski definition) is 3. The zero-order valence-corrected chi connectivity index (χ0v) is 9.78. The third kappa shape index (κ3) is 2.26. The van der Waals surface area contributed by atoms with Gasteiger partial charge in [0.2, 0.25) is 5.22 Å². The Morgan fingerprint density at radius 2 is 2.18 bits per heavy atom. The Hall–Kier alpha value is -1.94. The summed E-state index contributed by atoms with van der Waals surface area (Å²) < 4.78 is 4.83. The lowest BCUT2D eigenvalue weighted by Gasteiger charge is -2.08. The summed E-state index contributed by atoms with van der Waals surface area (Å²) in [5.74, 6) is -0.251. The lowest BCUT2D eigenvalue weighted by molar-refractivity contribution is 0.102. The van der Waals surface area contributed by atoms with E-state index in [9.17, 15) is 9.90 Å². The molecule has 1 aromatic carbocycles. The van der Waals surface area contributed by atoms with Crippen LogP contribution in [0.2, 0.25) is 5.22 Å². The Kier molecular flexibility index (Phi) is 3.06. The van der Waals surface area contributed by atoms with Crippen molar-refractivity contribution in [1.29, 1.82) is 0 Å². The highest BCUT2D eigenvalue weighted by Crippen LogP contribution is 2.25. The topological polar surface area (TPSA) is 62.5 Å². The largest absolute Gasteiger partial charge is 0.508 e. The van der Waals surface area contributed by atoms with Crippen molar-refractivity contribution in [3.63, 3.8) is 0 Å². The monoisotopic (exact) mass is 251 g/mol. The second kappa shape index (κ2) is 4.51. The molecule has 0 radical (unpaired) electrons. The van der Waals surface area contributed by atoms with Crippen molar-refractivity contribution in [2.45, 2.75) is 6.92 Å². The van der Waals surface area contributed by atoms with Gasteiger partial charge in [0.25, 0.3) is 5.91 Å². The Morgan fingerprint density at radius 3 is 2.82 bits per heavy atom. The number of nitrogens with one attached hydrogen (secondary N) is 1. The molecule has 88 valence electrons. The number of phenolic OH excluding ortho intramolecular Hbond substituents is 1. The van der Waals surface area contributed by atoms with Crippen LogP contribution in [0.3, 0.4) is 0 Å². The fourth-order valence-electron chi connectivity index (χ4n) is 1.40. The molecule has 2 aromatic rings. The maximum Gasteiger partial charge on any atom is 0.260 e. The number of aromatic hydroxyl groups is 1. The number of rotatable bonds is 2. The first kappa shape index (κ1) is 11.5. The van der Waals surface area contributed by atoms with Crippen molar-refractivity contribution < 1.29 is 14.3 Å². The number of carbonyl (C=O) groups is 1. The number of anilines is 1. The van der Waals surface area contributed by atoms with Crippen LogP contribution in [0.5, 0.6) is 5.75 Å². The van der Waals surface area contributed by atoms with Gasteiger partial charge in [0, 0.05) is 11.3 Å². The van der Waals surface area contributed by atoms with Crippen molar-refractivity contribution >= 4 is 23.2 Å². The van der Waals surface area contributed by atoms with Gasteiger partial charge in [0.15, 0.2) is 0 Å². The lowest BCUT2D eigenvalue weighted by atomic mass is 10.1. The van der Waals surface area contributed by atoms with Crippen molar-refractivity contribution in [2.75, 3.05) is 5.32 Å². The van der Waals surface area contributed by atoms with Crippen LogP contribution in [-0.2, 0) is 0 Å². The van der Waals surface area contributed by atoms with E-state index in [1.165, 1.54) is 12.3 Å². The van der Waals surface area contributed by atoms with E-state index < -0.39 is 0 Å². The molecule has 0 atom stereocenters. The number of halogens is 1. The first-order valence-electron chi connectivity index (χ1n) is 4.92. The van der Waals surface area contributed by atoms with Gasteiger partial charge in [-0.1, -0.05) is 6.07 Å². The van der Waals surface area contributed by atoms with E-state index in [4.69, 9.17) is 16.0 Å². The summed E-state index contributed by atoms with van der Waals surface area (Å²) in [6, 6.07) is 6.38. The first-order chi connectivity index (χ1) is 8.09. The SMILES string of the molecule is Cc1c(O)cccc1NC(=O)c1ccoc1Cl. The number of carbonyl (C=O) groups excluding carboxylic acids is 1. The highest BCUT2D eigenvalue weighted by molar-refractivity contribution is 6.32. The Labute approximate surface area is 103 Å². The van der Waals surface area contributed by atoms with Gasteiger partial charge in [-0.3, -0.25) is 4.79 Å². The molecule has 5 heteroatoms. The highest BCUT2D eigenvalue weighted by atomic mass is 35.5. The van der Waals surface area contributed by atoms with E-state index in [1.807, 2.05) is 0 Å². The molecular formula is C12H10ClNO3. The molecule has 4 nitrogen and oxygen atoms in total. The molecule has 0 fully saturated rings. The number of furan rings is 1. The average Bonchev–Trinajstić information content (AvgIpc) is 2.71. The van der Waals surface area contributed by atoms with E-state index in [-0.39, 0.29) is 22.4 Å². The Balaban J connectivity index is 2.25. The summed E-state index contributed by atoms with van der Waals surface area (Å²) in [5.41, 5.74) is 1.39. The fourth-order valence-corrected chi connectivity index (χ4v) is 1.60. The molecule has 0 aliphatic carbocycles. The van der Waals surface area contributed by atoms with Crippen molar-refractivity contribution in [3.8, 4) is 5.75 Å². The Bertz CT molecular complexity index is 563. The van der Waals surface area contributed by atoms with Gasteiger partial charge in [-0.05, 0) is 36.7 Å². The zero-order valence-electron chi connectivity index (χ0n) is 9.03. The summed E-state index contributed by atoms with van der Waals surface area (Å²) >= 11 is 5.70. The molecule has 0 aliphatic rings. The van der Waals surface area contributed by atoms with Crippen LogP contribution in [0.15, 0.2) is 34.9 Å². The van der Waals surface area contributed by atoms with Crippen LogP contribution in [0, 0.1) is 6.92 Å². The maximum atomic E-state index is 11.8. The lowest BCUT2D eigenvalue weighted by Crippen LogP contribution is -2.12. The molecule has 0 saturated carbocycles. The van der Waals surface area contributed by atoms with Crippen molar-refractivity contribution in [2.24, 2.45) is 0 Å². The van der Waals surface area contributed by atoms with Crippen molar-refractivity contribution in [3.05, 3.63) is 46.9 Å².